The molecule has 0 fully saturated rings. The van der Waals surface area contributed by atoms with Gasteiger partial charge >= 0.3 is 11.7 Å². The fourth-order valence-corrected chi connectivity index (χ4v) is 1.99. The van der Waals surface area contributed by atoms with Gasteiger partial charge in [0, 0.05) is 7.05 Å². The van der Waals surface area contributed by atoms with Crippen LogP contribution in [-0.2, 0) is 7.05 Å². The van der Waals surface area contributed by atoms with Crippen molar-refractivity contribution >= 4 is 23.3 Å². The van der Waals surface area contributed by atoms with Crippen LogP contribution in [0.2, 0.25) is 5.02 Å². The van der Waals surface area contributed by atoms with Gasteiger partial charge in [-0.3, -0.25) is 10.1 Å². The van der Waals surface area contributed by atoms with E-state index in [4.69, 9.17) is 21.4 Å². The fourth-order valence-electron chi connectivity index (χ4n) is 1.77. The lowest BCUT2D eigenvalue weighted by atomic mass is 10.2. The standard InChI is InChI=1S/C12H10ClN3O5/c1-6-10(16(19)20)11(15(2)14-6)21-9-4-3-7(12(17)18)5-8(9)13/h3-5H,1-2H3,(H,17,18). The van der Waals surface area contributed by atoms with Crippen molar-refractivity contribution in [2.24, 2.45) is 7.05 Å². The van der Waals surface area contributed by atoms with Gasteiger partial charge in [0.2, 0.25) is 0 Å². The SMILES string of the molecule is Cc1nn(C)c(Oc2ccc(C(=O)O)cc2Cl)c1[N+](=O)[O-]. The molecule has 0 spiro atoms. The minimum absolute atomic E-state index is 0.0111. The third-order valence-electron chi connectivity index (χ3n) is 2.71. The maximum absolute atomic E-state index is 11.0. The first-order chi connectivity index (χ1) is 9.81. The lowest BCUT2D eigenvalue weighted by Gasteiger charge is -2.07. The third-order valence-corrected chi connectivity index (χ3v) is 3.00. The Hall–Kier alpha value is -2.61. The van der Waals surface area contributed by atoms with Gasteiger partial charge in [-0.15, -0.1) is 0 Å². The third kappa shape index (κ3) is 2.79. The molecule has 0 saturated carbocycles. The topological polar surface area (TPSA) is 107 Å². The molecule has 0 radical (unpaired) electrons. The molecule has 0 aliphatic rings. The van der Waals surface area contributed by atoms with Crippen molar-refractivity contribution in [1.29, 1.82) is 0 Å². The zero-order valence-electron chi connectivity index (χ0n) is 11.0. The van der Waals surface area contributed by atoms with Crippen LogP contribution in [0.4, 0.5) is 5.69 Å². The summed E-state index contributed by atoms with van der Waals surface area (Å²) in [4.78, 5) is 21.3. The largest absolute Gasteiger partial charge is 0.478 e. The molecule has 110 valence electrons. The molecule has 1 N–H and O–H groups in total. The van der Waals surface area contributed by atoms with Gasteiger partial charge in [0.1, 0.15) is 11.4 Å². The van der Waals surface area contributed by atoms with Crippen molar-refractivity contribution in [3.63, 3.8) is 0 Å². The fraction of sp³-hybridized carbons (Fsp3) is 0.167. The quantitative estimate of drug-likeness (QED) is 0.687. The highest BCUT2D eigenvalue weighted by molar-refractivity contribution is 6.32. The van der Waals surface area contributed by atoms with Gasteiger partial charge in [-0.2, -0.15) is 5.10 Å². The molecule has 0 aliphatic heterocycles. The van der Waals surface area contributed by atoms with Gasteiger partial charge in [0.05, 0.1) is 15.5 Å². The van der Waals surface area contributed by atoms with Crippen molar-refractivity contribution < 1.29 is 19.6 Å². The molecule has 0 saturated heterocycles. The van der Waals surface area contributed by atoms with E-state index in [0.717, 1.165) is 0 Å². The van der Waals surface area contributed by atoms with E-state index in [2.05, 4.69) is 5.10 Å². The zero-order valence-corrected chi connectivity index (χ0v) is 11.8. The predicted molar refractivity (Wildman–Crippen MR) is 73.1 cm³/mol. The number of hydrogen-bond acceptors (Lipinski definition) is 5. The number of halogens is 1. The normalized spacial score (nSPS) is 10.4. The maximum Gasteiger partial charge on any atom is 0.353 e. The summed E-state index contributed by atoms with van der Waals surface area (Å²) in [6, 6.07) is 3.82. The first-order valence-electron chi connectivity index (χ1n) is 5.70. The highest BCUT2D eigenvalue weighted by Crippen LogP contribution is 2.36. The molecule has 2 rings (SSSR count). The van der Waals surface area contributed by atoms with E-state index in [1.165, 1.54) is 36.9 Å². The van der Waals surface area contributed by atoms with Crippen molar-refractivity contribution in [2.45, 2.75) is 6.92 Å². The van der Waals surface area contributed by atoms with Crippen molar-refractivity contribution in [1.82, 2.24) is 9.78 Å². The molecule has 8 nitrogen and oxygen atoms in total. The number of benzene rings is 1. The molecule has 1 aromatic carbocycles. The van der Waals surface area contributed by atoms with Crippen LogP contribution in [0.25, 0.3) is 0 Å². The van der Waals surface area contributed by atoms with Crippen LogP contribution in [0, 0.1) is 17.0 Å². The Morgan fingerprint density at radius 2 is 2.19 bits per heavy atom. The Labute approximate surface area is 123 Å². The minimum atomic E-state index is -1.13. The van der Waals surface area contributed by atoms with Gasteiger partial charge < -0.3 is 9.84 Å². The van der Waals surface area contributed by atoms with Crippen LogP contribution in [-0.4, -0.2) is 25.8 Å². The summed E-state index contributed by atoms with van der Waals surface area (Å²) in [5.41, 5.74) is -0.0744. The van der Waals surface area contributed by atoms with E-state index < -0.39 is 10.9 Å². The Kier molecular flexibility index (Phi) is 3.81. The molecule has 1 aromatic heterocycles. The van der Waals surface area contributed by atoms with E-state index in [1.54, 1.807) is 0 Å². The second kappa shape index (κ2) is 5.41. The number of hydrogen-bond donors (Lipinski definition) is 1. The summed E-state index contributed by atoms with van der Waals surface area (Å²) in [5.74, 6) is -1.11. The summed E-state index contributed by atoms with van der Waals surface area (Å²) in [7, 11) is 1.49. The van der Waals surface area contributed by atoms with Crippen molar-refractivity contribution in [2.75, 3.05) is 0 Å². The number of carbonyl (C=O) groups is 1. The molecule has 0 aliphatic carbocycles. The first-order valence-corrected chi connectivity index (χ1v) is 6.07. The van der Waals surface area contributed by atoms with Crippen LogP contribution < -0.4 is 4.74 Å². The van der Waals surface area contributed by atoms with Crippen LogP contribution in [0.3, 0.4) is 0 Å². The average Bonchev–Trinajstić information content (AvgIpc) is 2.66. The molecule has 0 atom stereocenters. The molecule has 1 heterocycles. The monoisotopic (exact) mass is 311 g/mol. The second-order valence-electron chi connectivity index (χ2n) is 4.17. The second-order valence-corrected chi connectivity index (χ2v) is 4.58. The Balaban J connectivity index is 2.44. The van der Waals surface area contributed by atoms with Crippen LogP contribution in [0.5, 0.6) is 11.6 Å². The van der Waals surface area contributed by atoms with E-state index in [0.29, 0.717) is 0 Å². The summed E-state index contributed by atoms with van der Waals surface area (Å²) in [6.07, 6.45) is 0. The highest BCUT2D eigenvalue weighted by Gasteiger charge is 2.26. The van der Waals surface area contributed by atoms with Crippen LogP contribution in [0.15, 0.2) is 18.2 Å². The molecule has 0 unspecified atom stereocenters. The lowest BCUT2D eigenvalue weighted by molar-refractivity contribution is -0.386. The lowest BCUT2D eigenvalue weighted by Crippen LogP contribution is -1.99. The van der Waals surface area contributed by atoms with Crippen LogP contribution in [0.1, 0.15) is 16.1 Å². The van der Waals surface area contributed by atoms with Crippen molar-refractivity contribution in [3.05, 3.63) is 44.6 Å². The van der Waals surface area contributed by atoms with Crippen molar-refractivity contribution in [3.8, 4) is 11.6 Å². The smallest absolute Gasteiger partial charge is 0.353 e. The minimum Gasteiger partial charge on any atom is -0.478 e. The summed E-state index contributed by atoms with van der Waals surface area (Å²) in [6.45, 7) is 1.49. The summed E-state index contributed by atoms with van der Waals surface area (Å²) < 4.78 is 6.64. The van der Waals surface area contributed by atoms with E-state index in [9.17, 15) is 14.9 Å². The first kappa shape index (κ1) is 14.8. The number of aromatic nitrogens is 2. The molecular weight excluding hydrogens is 302 g/mol. The summed E-state index contributed by atoms with van der Waals surface area (Å²) >= 11 is 5.93. The van der Waals surface area contributed by atoms with Gasteiger partial charge in [-0.25, -0.2) is 9.48 Å². The molecule has 9 heteroatoms. The van der Waals surface area contributed by atoms with E-state index in [1.807, 2.05) is 0 Å². The number of nitro groups is 1. The number of carboxylic acids is 1. The van der Waals surface area contributed by atoms with Gasteiger partial charge in [-0.1, -0.05) is 11.6 Å². The maximum atomic E-state index is 11.0. The van der Waals surface area contributed by atoms with Gasteiger partial charge in [0.25, 0.3) is 5.88 Å². The number of rotatable bonds is 4. The number of ether oxygens (including phenoxy) is 1. The number of nitrogens with zero attached hydrogens (tertiary/aromatic N) is 3. The van der Waals surface area contributed by atoms with E-state index >= 15 is 0 Å². The Bertz CT molecular complexity index is 741. The predicted octanol–water partition coefficient (Wildman–Crippen LogP) is 2.78. The number of aryl methyl sites for hydroxylation is 2. The molecule has 0 bridgehead atoms. The highest BCUT2D eigenvalue weighted by atomic mass is 35.5. The van der Waals surface area contributed by atoms with Gasteiger partial charge in [-0.05, 0) is 25.1 Å². The Morgan fingerprint density at radius 1 is 1.52 bits per heavy atom. The van der Waals surface area contributed by atoms with E-state index in [-0.39, 0.29) is 33.6 Å². The molecule has 0 amide bonds. The van der Waals surface area contributed by atoms with Gasteiger partial charge in [0.15, 0.2) is 0 Å². The average molecular weight is 312 g/mol. The number of aromatic carboxylic acids is 1. The Morgan fingerprint density at radius 3 is 2.71 bits per heavy atom. The molecule has 2 aromatic rings. The zero-order chi connectivity index (χ0) is 15.7. The van der Waals surface area contributed by atoms with Crippen LogP contribution >= 0.6 is 11.6 Å². The molecule has 21 heavy (non-hydrogen) atoms. The molecular formula is C12H10ClN3O5. The number of carboxylic acid groups (broad SMARTS) is 1. The summed E-state index contributed by atoms with van der Waals surface area (Å²) in [5, 5.41) is 23.8.